The summed E-state index contributed by atoms with van der Waals surface area (Å²) in [4.78, 5) is 7.91. The van der Waals surface area contributed by atoms with Crippen molar-refractivity contribution in [3.63, 3.8) is 0 Å². The van der Waals surface area contributed by atoms with E-state index in [0.29, 0.717) is 16.6 Å². The second kappa shape index (κ2) is 6.98. The summed E-state index contributed by atoms with van der Waals surface area (Å²) in [5, 5.41) is 0. The summed E-state index contributed by atoms with van der Waals surface area (Å²) in [5.74, 6) is 1.05. The van der Waals surface area contributed by atoms with E-state index in [1.165, 1.54) is 4.31 Å². The number of hydrogen-bond donors (Lipinski definition) is 1. The lowest BCUT2D eigenvalue weighted by molar-refractivity contribution is 0.458. The zero-order valence-electron chi connectivity index (χ0n) is 14.7. The molecule has 1 N–H and O–H groups in total. The minimum Gasteiger partial charge on any atom is -0.341 e. The predicted octanol–water partition coefficient (Wildman–Crippen LogP) is 3.90. The Morgan fingerprint density at radius 2 is 1.80 bits per heavy atom. The van der Waals surface area contributed by atoms with Crippen molar-refractivity contribution in [3.05, 3.63) is 59.9 Å². The molecule has 0 bridgehead atoms. The molecular weight excluding hydrogens is 334 g/mol. The van der Waals surface area contributed by atoms with Crippen molar-refractivity contribution in [3.8, 4) is 0 Å². The van der Waals surface area contributed by atoms with Gasteiger partial charge in [0.2, 0.25) is 10.0 Å². The van der Waals surface area contributed by atoms with Crippen LogP contribution in [-0.2, 0) is 16.6 Å². The van der Waals surface area contributed by atoms with E-state index in [1.54, 1.807) is 19.2 Å². The number of para-hydroxylation sites is 2. The van der Waals surface area contributed by atoms with Crippen LogP contribution in [0.2, 0.25) is 0 Å². The van der Waals surface area contributed by atoms with Crippen molar-refractivity contribution < 1.29 is 8.42 Å². The molecule has 0 fully saturated rings. The highest BCUT2D eigenvalue weighted by molar-refractivity contribution is 7.89. The van der Waals surface area contributed by atoms with Gasteiger partial charge in [-0.3, -0.25) is 0 Å². The average molecular weight is 357 g/mol. The number of aromatic amines is 1. The van der Waals surface area contributed by atoms with Crippen molar-refractivity contribution in [1.82, 2.24) is 14.3 Å². The Labute approximate surface area is 148 Å². The third kappa shape index (κ3) is 3.60. The Kier molecular flexibility index (Phi) is 4.92. The number of fused-ring (bicyclic) bond motifs is 1. The maximum atomic E-state index is 12.8. The Hall–Kier alpha value is -2.18. The maximum absolute atomic E-state index is 12.8. The summed E-state index contributed by atoms with van der Waals surface area (Å²) < 4.78 is 26.9. The molecule has 0 radical (unpaired) electrons. The number of sulfonamides is 1. The second-order valence-electron chi connectivity index (χ2n) is 6.34. The molecule has 0 aliphatic heterocycles. The normalized spacial score (nSPS) is 13.4. The van der Waals surface area contributed by atoms with E-state index in [0.717, 1.165) is 23.0 Å². The molecule has 0 spiro atoms. The van der Waals surface area contributed by atoms with Crippen LogP contribution in [-0.4, -0.2) is 29.7 Å². The highest BCUT2D eigenvalue weighted by Gasteiger charge is 2.22. The zero-order chi connectivity index (χ0) is 18.0. The van der Waals surface area contributed by atoms with Gasteiger partial charge in [-0.05, 0) is 42.2 Å². The van der Waals surface area contributed by atoms with E-state index in [4.69, 9.17) is 0 Å². The van der Waals surface area contributed by atoms with E-state index in [-0.39, 0.29) is 6.54 Å². The van der Waals surface area contributed by atoms with Crippen molar-refractivity contribution >= 4 is 21.1 Å². The van der Waals surface area contributed by atoms with E-state index < -0.39 is 10.0 Å². The van der Waals surface area contributed by atoms with Gasteiger partial charge in [-0.15, -0.1) is 0 Å². The van der Waals surface area contributed by atoms with Crippen LogP contribution in [0.5, 0.6) is 0 Å². The first kappa shape index (κ1) is 17.6. The molecule has 1 unspecified atom stereocenters. The van der Waals surface area contributed by atoms with Gasteiger partial charge >= 0.3 is 0 Å². The van der Waals surface area contributed by atoms with Crippen molar-refractivity contribution in [2.45, 2.75) is 37.6 Å². The lowest BCUT2D eigenvalue weighted by atomic mass is 9.99. The Balaban J connectivity index is 1.81. The van der Waals surface area contributed by atoms with Crippen LogP contribution >= 0.6 is 0 Å². The largest absolute Gasteiger partial charge is 0.341 e. The summed E-state index contributed by atoms with van der Waals surface area (Å²) in [5.41, 5.74) is 2.89. The first-order valence-electron chi connectivity index (χ1n) is 8.41. The van der Waals surface area contributed by atoms with Crippen molar-refractivity contribution in [1.29, 1.82) is 0 Å². The van der Waals surface area contributed by atoms with E-state index in [1.807, 2.05) is 36.4 Å². The number of nitrogens with zero attached hydrogens (tertiary/aromatic N) is 2. The molecule has 2 aromatic carbocycles. The number of rotatable bonds is 6. The monoisotopic (exact) mass is 357 g/mol. The Bertz CT molecular complexity index is 929. The van der Waals surface area contributed by atoms with Crippen molar-refractivity contribution in [2.75, 3.05) is 7.05 Å². The number of aromatic nitrogens is 2. The minimum atomic E-state index is -3.55. The Morgan fingerprint density at radius 1 is 1.12 bits per heavy atom. The van der Waals surface area contributed by atoms with Gasteiger partial charge in [-0.1, -0.05) is 38.1 Å². The molecule has 25 heavy (non-hydrogen) atoms. The summed E-state index contributed by atoms with van der Waals surface area (Å²) in [7, 11) is -1.98. The highest BCUT2D eigenvalue weighted by atomic mass is 32.2. The molecule has 1 heterocycles. The molecule has 0 saturated carbocycles. The lowest BCUT2D eigenvalue weighted by Crippen LogP contribution is -2.27. The minimum absolute atomic E-state index is 0.199. The number of H-pyrrole nitrogens is 1. The summed E-state index contributed by atoms with van der Waals surface area (Å²) in [6.45, 7) is 4.46. The first-order valence-corrected chi connectivity index (χ1v) is 9.85. The molecule has 6 heteroatoms. The smallest absolute Gasteiger partial charge is 0.243 e. The molecule has 5 nitrogen and oxygen atoms in total. The van der Waals surface area contributed by atoms with Gasteiger partial charge in [0.05, 0.1) is 22.5 Å². The molecule has 1 atom stereocenters. The summed E-state index contributed by atoms with van der Waals surface area (Å²) in [6.07, 6.45) is 1.03. The SMILES string of the molecule is CCC(C)c1ccc(S(=O)(=O)N(C)Cc2nc3ccccc3[nH]2)cc1. The van der Waals surface area contributed by atoms with E-state index in [9.17, 15) is 8.42 Å². The molecule has 0 aliphatic rings. The fourth-order valence-corrected chi connectivity index (χ4v) is 3.89. The molecule has 3 rings (SSSR count). The predicted molar refractivity (Wildman–Crippen MR) is 99.9 cm³/mol. The van der Waals surface area contributed by atoms with Crippen LogP contribution < -0.4 is 0 Å². The highest BCUT2D eigenvalue weighted by Crippen LogP contribution is 2.22. The van der Waals surface area contributed by atoms with E-state index in [2.05, 4.69) is 23.8 Å². The van der Waals surface area contributed by atoms with Gasteiger partial charge in [0.25, 0.3) is 0 Å². The first-order chi connectivity index (χ1) is 11.9. The van der Waals surface area contributed by atoms with E-state index >= 15 is 0 Å². The molecule has 3 aromatic rings. The molecule has 0 aliphatic carbocycles. The third-order valence-electron chi connectivity index (χ3n) is 4.58. The van der Waals surface area contributed by atoms with Gasteiger partial charge in [-0.25, -0.2) is 13.4 Å². The average Bonchev–Trinajstić information content (AvgIpc) is 3.03. The van der Waals surface area contributed by atoms with Crippen LogP contribution in [0.3, 0.4) is 0 Å². The standard InChI is InChI=1S/C19H23N3O2S/c1-4-14(2)15-9-11-16(12-10-15)25(23,24)22(3)13-19-20-17-7-5-6-8-18(17)21-19/h5-12,14H,4,13H2,1-3H3,(H,20,21). The molecule has 1 aromatic heterocycles. The Morgan fingerprint density at radius 3 is 2.44 bits per heavy atom. The van der Waals surface area contributed by atoms with Gasteiger partial charge in [0, 0.05) is 7.05 Å². The van der Waals surface area contributed by atoms with Gasteiger partial charge in [-0.2, -0.15) is 4.31 Å². The van der Waals surface area contributed by atoms with Crippen LogP contribution in [0, 0.1) is 0 Å². The molecule has 0 amide bonds. The number of hydrogen-bond acceptors (Lipinski definition) is 3. The van der Waals surface area contributed by atoms with Gasteiger partial charge in [0.1, 0.15) is 5.82 Å². The van der Waals surface area contributed by atoms with Crippen LogP contribution in [0.15, 0.2) is 53.4 Å². The van der Waals surface area contributed by atoms with Crippen LogP contribution in [0.4, 0.5) is 0 Å². The summed E-state index contributed by atoms with van der Waals surface area (Å²) in [6, 6.07) is 14.8. The van der Waals surface area contributed by atoms with Crippen LogP contribution in [0.25, 0.3) is 11.0 Å². The molecule has 0 saturated heterocycles. The molecular formula is C19H23N3O2S. The fourth-order valence-electron chi connectivity index (χ4n) is 2.76. The van der Waals surface area contributed by atoms with Crippen molar-refractivity contribution in [2.24, 2.45) is 0 Å². The second-order valence-corrected chi connectivity index (χ2v) is 8.38. The number of nitrogens with one attached hydrogen (secondary N) is 1. The van der Waals surface area contributed by atoms with Gasteiger partial charge < -0.3 is 4.98 Å². The van der Waals surface area contributed by atoms with Crippen LogP contribution in [0.1, 0.15) is 37.6 Å². The number of benzene rings is 2. The fraction of sp³-hybridized carbons (Fsp3) is 0.316. The third-order valence-corrected chi connectivity index (χ3v) is 6.40. The lowest BCUT2D eigenvalue weighted by Gasteiger charge is -2.17. The quantitative estimate of drug-likeness (QED) is 0.728. The topological polar surface area (TPSA) is 66.1 Å². The number of imidazole rings is 1. The summed E-state index contributed by atoms with van der Waals surface area (Å²) >= 11 is 0. The van der Waals surface area contributed by atoms with Gasteiger partial charge in [0.15, 0.2) is 0 Å². The molecule has 132 valence electrons. The maximum Gasteiger partial charge on any atom is 0.243 e. The zero-order valence-corrected chi connectivity index (χ0v) is 15.5.